The van der Waals surface area contributed by atoms with E-state index < -0.39 is 0 Å². The van der Waals surface area contributed by atoms with Crippen molar-refractivity contribution in [3.05, 3.63) is 29.6 Å². The van der Waals surface area contributed by atoms with Crippen molar-refractivity contribution in [2.75, 3.05) is 18.9 Å². The molecule has 1 aromatic rings. The second kappa shape index (κ2) is 5.43. The quantitative estimate of drug-likeness (QED) is 0.838. The van der Waals surface area contributed by atoms with Gasteiger partial charge in [-0.25, -0.2) is 4.39 Å². The molecule has 0 unspecified atom stereocenters. The predicted octanol–water partition coefficient (Wildman–Crippen LogP) is 3.03. The van der Waals surface area contributed by atoms with Crippen molar-refractivity contribution in [2.45, 2.75) is 25.7 Å². The SMILES string of the molecule is CNc1c(F)cccc1C(=O)NCC(C1CC1)C1CC1. The first kappa shape index (κ1) is 13.4. The zero-order valence-corrected chi connectivity index (χ0v) is 11.8. The zero-order chi connectivity index (χ0) is 14.1. The molecule has 108 valence electrons. The van der Waals surface area contributed by atoms with E-state index in [0.717, 1.165) is 18.4 Å². The molecule has 2 fully saturated rings. The Morgan fingerprint density at radius 2 is 1.95 bits per heavy atom. The minimum absolute atomic E-state index is 0.180. The van der Waals surface area contributed by atoms with Gasteiger partial charge in [0.1, 0.15) is 5.82 Å². The third-order valence-corrected chi connectivity index (χ3v) is 4.46. The first-order valence-corrected chi connectivity index (χ1v) is 7.45. The summed E-state index contributed by atoms with van der Waals surface area (Å²) in [5, 5.41) is 5.76. The molecule has 2 aliphatic rings. The van der Waals surface area contributed by atoms with Crippen LogP contribution in [-0.2, 0) is 0 Å². The van der Waals surface area contributed by atoms with Gasteiger partial charge in [-0.1, -0.05) is 6.07 Å². The molecule has 0 aromatic heterocycles. The van der Waals surface area contributed by atoms with Gasteiger partial charge in [0.2, 0.25) is 0 Å². The lowest BCUT2D eigenvalue weighted by Crippen LogP contribution is -2.31. The first-order chi connectivity index (χ1) is 9.70. The summed E-state index contributed by atoms with van der Waals surface area (Å²) in [5.74, 6) is 1.67. The molecule has 0 aliphatic heterocycles. The highest BCUT2D eigenvalue weighted by Crippen LogP contribution is 2.48. The number of nitrogens with one attached hydrogen (secondary N) is 2. The number of anilines is 1. The van der Waals surface area contributed by atoms with E-state index in [-0.39, 0.29) is 17.4 Å². The molecule has 0 atom stereocenters. The fourth-order valence-electron chi connectivity index (χ4n) is 3.04. The molecular formula is C16H21FN2O. The average molecular weight is 276 g/mol. The topological polar surface area (TPSA) is 41.1 Å². The predicted molar refractivity (Wildman–Crippen MR) is 77.2 cm³/mol. The molecule has 0 spiro atoms. The van der Waals surface area contributed by atoms with Crippen molar-refractivity contribution in [3.63, 3.8) is 0 Å². The average Bonchev–Trinajstić information content (AvgIpc) is 3.31. The maximum Gasteiger partial charge on any atom is 0.253 e. The van der Waals surface area contributed by atoms with Crippen LogP contribution in [0.3, 0.4) is 0 Å². The zero-order valence-electron chi connectivity index (χ0n) is 11.8. The van der Waals surface area contributed by atoms with Crippen LogP contribution >= 0.6 is 0 Å². The van der Waals surface area contributed by atoms with E-state index in [4.69, 9.17) is 0 Å². The summed E-state index contributed by atoms with van der Waals surface area (Å²) in [4.78, 5) is 12.2. The number of para-hydroxylation sites is 1. The largest absolute Gasteiger partial charge is 0.385 e. The Morgan fingerprint density at radius 3 is 2.50 bits per heavy atom. The molecule has 4 heteroatoms. The van der Waals surface area contributed by atoms with Gasteiger partial charge in [0.05, 0.1) is 11.3 Å². The molecule has 1 aromatic carbocycles. The van der Waals surface area contributed by atoms with Crippen LogP contribution in [-0.4, -0.2) is 19.5 Å². The molecular weight excluding hydrogens is 255 g/mol. The lowest BCUT2D eigenvalue weighted by Gasteiger charge is -2.17. The van der Waals surface area contributed by atoms with Gasteiger partial charge in [-0.3, -0.25) is 4.79 Å². The van der Waals surface area contributed by atoms with E-state index in [1.165, 1.54) is 31.7 Å². The molecule has 0 radical (unpaired) electrons. The number of halogens is 1. The van der Waals surface area contributed by atoms with Crippen molar-refractivity contribution in [1.82, 2.24) is 5.32 Å². The lowest BCUT2D eigenvalue weighted by molar-refractivity contribution is 0.0944. The smallest absolute Gasteiger partial charge is 0.253 e. The fourth-order valence-corrected chi connectivity index (χ4v) is 3.04. The molecule has 1 amide bonds. The maximum atomic E-state index is 13.6. The molecule has 0 bridgehead atoms. The molecule has 2 saturated carbocycles. The van der Waals surface area contributed by atoms with Gasteiger partial charge < -0.3 is 10.6 Å². The van der Waals surface area contributed by atoms with Gasteiger partial charge >= 0.3 is 0 Å². The molecule has 2 N–H and O–H groups in total. The van der Waals surface area contributed by atoms with E-state index in [9.17, 15) is 9.18 Å². The normalized spacial score (nSPS) is 18.1. The van der Waals surface area contributed by atoms with Crippen LogP contribution in [0.25, 0.3) is 0 Å². The van der Waals surface area contributed by atoms with E-state index in [2.05, 4.69) is 10.6 Å². The highest BCUT2D eigenvalue weighted by atomic mass is 19.1. The Balaban J connectivity index is 1.65. The van der Waals surface area contributed by atoms with Crippen LogP contribution in [0.5, 0.6) is 0 Å². The second-order valence-electron chi connectivity index (χ2n) is 5.96. The summed E-state index contributed by atoms with van der Waals surface area (Å²) in [5.41, 5.74) is 0.664. The van der Waals surface area contributed by atoms with E-state index in [1.807, 2.05) is 0 Å². The van der Waals surface area contributed by atoms with Crippen LogP contribution in [0.1, 0.15) is 36.0 Å². The third kappa shape index (κ3) is 2.79. The Morgan fingerprint density at radius 1 is 1.30 bits per heavy atom. The van der Waals surface area contributed by atoms with Gasteiger partial charge in [0.25, 0.3) is 5.91 Å². The van der Waals surface area contributed by atoms with Gasteiger partial charge in [-0.15, -0.1) is 0 Å². The van der Waals surface area contributed by atoms with E-state index in [1.54, 1.807) is 19.2 Å². The Hall–Kier alpha value is -1.58. The highest BCUT2D eigenvalue weighted by molar-refractivity contribution is 5.99. The Labute approximate surface area is 118 Å². The van der Waals surface area contributed by atoms with Crippen LogP contribution in [0.2, 0.25) is 0 Å². The molecule has 3 rings (SSSR count). The molecule has 3 nitrogen and oxygen atoms in total. The van der Waals surface area contributed by atoms with E-state index >= 15 is 0 Å². The number of carbonyl (C=O) groups is 1. The third-order valence-electron chi connectivity index (χ3n) is 4.46. The van der Waals surface area contributed by atoms with Crippen molar-refractivity contribution in [2.24, 2.45) is 17.8 Å². The van der Waals surface area contributed by atoms with Crippen molar-refractivity contribution < 1.29 is 9.18 Å². The van der Waals surface area contributed by atoms with Crippen LogP contribution < -0.4 is 10.6 Å². The Kier molecular flexibility index (Phi) is 3.64. The van der Waals surface area contributed by atoms with Crippen molar-refractivity contribution in [3.8, 4) is 0 Å². The lowest BCUT2D eigenvalue weighted by atomic mass is 9.98. The minimum atomic E-state index is -0.388. The standard InChI is InChI=1S/C16H21FN2O/c1-18-15-12(3-2-4-14(15)17)16(20)19-9-13(10-5-6-10)11-7-8-11/h2-4,10-11,13,18H,5-9H2,1H3,(H,19,20). The number of rotatable bonds is 6. The summed E-state index contributed by atoms with van der Waals surface area (Å²) in [6, 6.07) is 4.59. The van der Waals surface area contributed by atoms with Gasteiger partial charge in [-0.05, 0) is 55.6 Å². The van der Waals surface area contributed by atoms with Crippen molar-refractivity contribution >= 4 is 11.6 Å². The number of hydrogen-bond donors (Lipinski definition) is 2. The highest BCUT2D eigenvalue weighted by Gasteiger charge is 2.41. The van der Waals surface area contributed by atoms with E-state index in [0.29, 0.717) is 11.5 Å². The van der Waals surface area contributed by atoms with Crippen molar-refractivity contribution in [1.29, 1.82) is 0 Å². The number of carbonyl (C=O) groups excluding carboxylic acids is 1. The van der Waals surface area contributed by atoms with Crippen LogP contribution in [0.4, 0.5) is 10.1 Å². The summed E-state index contributed by atoms with van der Waals surface area (Å²) in [7, 11) is 1.63. The van der Waals surface area contributed by atoms with Gasteiger partial charge in [-0.2, -0.15) is 0 Å². The summed E-state index contributed by atoms with van der Waals surface area (Å²) < 4.78 is 13.6. The maximum absolute atomic E-state index is 13.6. The first-order valence-electron chi connectivity index (χ1n) is 7.45. The molecule has 0 saturated heterocycles. The summed E-state index contributed by atoms with van der Waals surface area (Å²) >= 11 is 0. The van der Waals surface area contributed by atoms with Crippen LogP contribution in [0, 0.1) is 23.6 Å². The van der Waals surface area contributed by atoms with Gasteiger partial charge in [0, 0.05) is 13.6 Å². The minimum Gasteiger partial charge on any atom is -0.385 e. The molecule has 20 heavy (non-hydrogen) atoms. The number of hydrogen-bond acceptors (Lipinski definition) is 2. The molecule has 0 heterocycles. The second-order valence-corrected chi connectivity index (χ2v) is 5.96. The monoisotopic (exact) mass is 276 g/mol. The fraction of sp³-hybridized carbons (Fsp3) is 0.562. The molecule has 2 aliphatic carbocycles. The Bertz CT molecular complexity index is 497. The van der Waals surface area contributed by atoms with Gasteiger partial charge in [0.15, 0.2) is 0 Å². The number of amides is 1. The summed E-state index contributed by atoms with van der Waals surface area (Å²) in [6.45, 7) is 0.730. The summed E-state index contributed by atoms with van der Waals surface area (Å²) in [6.07, 6.45) is 5.22. The van der Waals surface area contributed by atoms with Crippen LogP contribution in [0.15, 0.2) is 18.2 Å². The number of benzene rings is 1.